The molecule has 0 bridgehead atoms. The number of para-hydroxylation sites is 1. The molecule has 3 aromatic carbocycles. The van der Waals surface area contributed by atoms with Gasteiger partial charge in [-0.1, -0.05) is 48.5 Å². The van der Waals surface area contributed by atoms with E-state index in [9.17, 15) is 9.59 Å². The highest BCUT2D eigenvalue weighted by atomic mass is 16.5. The number of benzene rings is 3. The number of hydrogen-bond donors (Lipinski definition) is 2. The van der Waals surface area contributed by atoms with Crippen molar-refractivity contribution in [2.24, 2.45) is 0 Å². The zero-order valence-electron chi connectivity index (χ0n) is 14.7. The molecule has 3 N–H and O–H groups in total. The minimum Gasteiger partial charge on any atom is -0.449 e. The normalized spacial score (nSPS) is 11.8. The van der Waals surface area contributed by atoms with Crippen molar-refractivity contribution in [2.45, 2.75) is 20.0 Å². The second kappa shape index (κ2) is 7.27. The number of carbonyl (C=O) groups excluding carboxylic acids is 2. The Hall–Kier alpha value is -3.34. The monoisotopic (exact) mass is 348 g/mol. The zero-order chi connectivity index (χ0) is 18.7. The molecule has 0 unspecified atom stereocenters. The molecule has 0 spiro atoms. The highest BCUT2D eigenvalue weighted by Gasteiger charge is 2.21. The SMILES string of the molecule is Cc1cccc(C(=O)O[C@H](C)C(=O)Nc2cccc3ccccc23)c1N. The Morgan fingerprint density at radius 2 is 1.69 bits per heavy atom. The van der Waals surface area contributed by atoms with E-state index < -0.39 is 18.0 Å². The molecule has 0 heterocycles. The van der Waals surface area contributed by atoms with E-state index in [1.807, 2.05) is 55.5 Å². The number of ether oxygens (including phenoxy) is 1. The van der Waals surface area contributed by atoms with E-state index in [-0.39, 0.29) is 5.56 Å². The Labute approximate surface area is 151 Å². The fourth-order valence-corrected chi connectivity index (χ4v) is 2.70. The largest absolute Gasteiger partial charge is 0.449 e. The summed E-state index contributed by atoms with van der Waals surface area (Å²) in [6.45, 7) is 3.34. The van der Waals surface area contributed by atoms with Crippen molar-refractivity contribution in [3.63, 3.8) is 0 Å². The highest BCUT2D eigenvalue weighted by Crippen LogP contribution is 2.23. The van der Waals surface area contributed by atoms with Gasteiger partial charge in [-0.15, -0.1) is 0 Å². The number of anilines is 2. The quantitative estimate of drug-likeness (QED) is 0.553. The Kier molecular flexibility index (Phi) is 4.89. The Balaban J connectivity index is 1.73. The van der Waals surface area contributed by atoms with Crippen LogP contribution >= 0.6 is 0 Å². The lowest BCUT2D eigenvalue weighted by molar-refractivity contribution is -0.123. The molecule has 0 fully saturated rings. The van der Waals surface area contributed by atoms with Crippen LogP contribution in [0.5, 0.6) is 0 Å². The van der Waals surface area contributed by atoms with Gasteiger partial charge in [0.15, 0.2) is 6.10 Å². The van der Waals surface area contributed by atoms with Gasteiger partial charge in [-0.2, -0.15) is 0 Å². The molecular formula is C21H20N2O3. The van der Waals surface area contributed by atoms with Crippen molar-refractivity contribution in [3.05, 3.63) is 71.8 Å². The van der Waals surface area contributed by atoms with Crippen molar-refractivity contribution in [2.75, 3.05) is 11.1 Å². The van der Waals surface area contributed by atoms with Crippen molar-refractivity contribution < 1.29 is 14.3 Å². The van der Waals surface area contributed by atoms with Crippen LogP contribution in [0.15, 0.2) is 60.7 Å². The van der Waals surface area contributed by atoms with Gasteiger partial charge in [-0.25, -0.2) is 4.79 Å². The van der Waals surface area contributed by atoms with Gasteiger partial charge in [0.2, 0.25) is 0 Å². The van der Waals surface area contributed by atoms with Crippen molar-refractivity contribution in [3.8, 4) is 0 Å². The van der Waals surface area contributed by atoms with E-state index in [1.54, 1.807) is 12.1 Å². The number of esters is 1. The number of nitrogen functional groups attached to an aromatic ring is 1. The van der Waals surface area contributed by atoms with Gasteiger partial charge in [-0.3, -0.25) is 4.79 Å². The second-order valence-corrected chi connectivity index (χ2v) is 6.10. The molecule has 0 aromatic heterocycles. The predicted molar refractivity (Wildman–Crippen MR) is 103 cm³/mol. The van der Waals surface area contributed by atoms with Crippen molar-refractivity contribution in [1.82, 2.24) is 0 Å². The molecule has 5 heteroatoms. The molecule has 0 aliphatic heterocycles. The Bertz CT molecular complexity index is 977. The topological polar surface area (TPSA) is 81.4 Å². The molecule has 0 aliphatic carbocycles. The van der Waals surface area contributed by atoms with Crippen LogP contribution < -0.4 is 11.1 Å². The maximum Gasteiger partial charge on any atom is 0.341 e. The number of nitrogens with two attached hydrogens (primary N) is 1. The Morgan fingerprint density at radius 1 is 1.00 bits per heavy atom. The average molecular weight is 348 g/mol. The molecule has 5 nitrogen and oxygen atoms in total. The third-order valence-electron chi connectivity index (χ3n) is 4.24. The summed E-state index contributed by atoms with van der Waals surface area (Å²) in [5.74, 6) is -1.02. The summed E-state index contributed by atoms with van der Waals surface area (Å²) >= 11 is 0. The van der Waals surface area contributed by atoms with E-state index in [1.165, 1.54) is 6.92 Å². The summed E-state index contributed by atoms with van der Waals surface area (Å²) in [6.07, 6.45) is -0.957. The number of aryl methyl sites for hydroxylation is 1. The van der Waals surface area contributed by atoms with E-state index in [0.29, 0.717) is 11.4 Å². The van der Waals surface area contributed by atoms with E-state index in [0.717, 1.165) is 16.3 Å². The first-order valence-electron chi connectivity index (χ1n) is 8.32. The molecular weight excluding hydrogens is 328 g/mol. The summed E-state index contributed by atoms with van der Waals surface area (Å²) in [5, 5.41) is 4.76. The van der Waals surface area contributed by atoms with E-state index >= 15 is 0 Å². The van der Waals surface area contributed by atoms with Gasteiger partial charge < -0.3 is 15.8 Å². The molecule has 26 heavy (non-hydrogen) atoms. The summed E-state index contributed by atoms with van der Waals surface area (Å²) in [7, 11) is 0. The minimum atomic E-state index is -0.957. The minimum absolute atomic E-state index is 0.259. The van der Waals surface area contributed by atoms with Crippen molar-refractivity contribution in [1.29, 1.82) is 0 Å². The lowest BCUT2D eigenvalue weighted by atomic mass is 10.1. The maximum absolute atomic E-state index is 12.5. The number of carbonyl (C=O) groups is 2. The summed E-state index contributed by atoms with van der Waals surface area (Å²) < 4.78 is 5.29. The second-order valence-electron chi connectivity index (χ2n) is 6.10. The lowest BCUT2D eigenvalue weighted by Gasteiger charge is -2.15. The van der Waals surface area contributed by atoms with Gasteiger partial charge in [0, 0.05) is 16.8 Å². The van der Waals surface area contributed by atoms with Gasteiger partial charge >= 0.3 is 5.97 Å². The number of nitrogens with one attached hydrogen (secondary N) is 1. The maximum atomic E-state index is 12.5. The average Bonchev–Trinajstić information content (AvgIpc) is 2.64. The van der Waals surface area contributed by atoms with Crippen LogP contribution in [-0.2, 0) is 9.53 Å². The molecule has 1 amide bonds. The van der Waals surface area contributed by atoms with Crippen LogP contribution in [0.2, 0.25) is 0 Å². The van der Waals surface area contributed by atoms with Crippen LogP contribution in [0, 0.1) is 6.92 Å². The Morgan fingerprint density at radius 3 is 2.50 bits per heavy atom. The van der Waals surface area contributed by atoms with Crippen LogP contribution in [-0.4, -0.2) is 18.0 Å². The molecule has 0 aliphatic rings. The summed E-state index contributed by atoms with van der Waals surface area (Å²) in [4.78, 5) is 24.8. The van der Waals surface area contributed by atoms with Crippen LogP contribution in [0.1, 0.15) is 22.8 Å². The van der Waals surface area contributed by atoms with Gasteiger partial charge in [0.25, 0.3) is 5.91 Å². The number of rotatable bonds is 4. The number of amides is 1. The molecule has 132 valence electrons. The molecule has 3 aromatic rings. The first-order valence-corrected chi connectivity index (χ1v) is 8.32. The zero-order valence-corrected chi connectivity index (χ0v) is 14.7. The molecule has 1 atom stereocenters. The van der Waals surface area contributed by atoms with E-state index in [4.69, 9.17) is 10.5 Å². The van der Waals surface area contributed by atoms with E-state index in [2.05, 4.69) is 5.32 Å². The summed E-state index contributed by atoms with van der Waals surface area (Å²) in [6, 6.07) is 18.5. The third kappa shape index (κ3) is 3.52. The first-order chi connectivity index (χ1) is 12.5. The molecule has 3 rings (SSSR count). The summed E-state index contributed by atoms with van der Waals surface area (Å²) in [5.41, 5.74) is 8.00. The fourth-order valence-electron chi connectivity index (χ4n) is 2.70. The van der Waals surface area contributed by atoms with Crippen LogP contribution in [0.25, 0.3) is 10.8 Å². The fraction of sp³-hybridized carbons (Fsp3) is 0.143. The predicted octanol–water partition coefficient (Wildman–Crippen LogP) is 3.91. The standard InChI is InChI=1S/C21H20N2O3/c1-13-7-5-11-17(19(13)22)21(25)26-14(2)20(24)23-18-12-6-9-15-8-3-4-10-16(15)18/h3-12,14H,22H2,1-2H3,(H,23,24)/t14-/m1/s1. The van der Waals surface area contributed by atoms with Gasteiger partial charge in [0.1, 0.15) is 0 Å². The van der Waals surface area contributed by atoms with Gasteiger partial charge in [0.05, 0.1) is 5.56 Å². The molecule has 0 saturated heterocycles. The number of fused-ring (bicyclic) bond motifs is 1. The third-order valence-corrected chi connectivity index (χ3v) is 4.24. The van der Waals surface area contributed by atoms with Crippen LogP contribution in [0.3, 0.4) is 0 Å². The first kappa shape index (κ1) is 17.5. The number of hydrogen-bond acceptors (Lipinski definition) is 4. The van der Waals surface area contributed by atoms with Gasteiger partial charge in [-0.05, 0) is 36.9 Å². The highest BCUT2D eigenvalue weighted by molar-refractivity contribution is 6.04. The van der Waals surface area contributed by atoms with Crippen LogP contribution in [0.4, 0.5) is 11.4 Å². The lowest BCUT2D eigenvalue weighted by Crippen LogP contribution is -2.30. The van der Waals surface area contributed by atoms with Crippen molar-refractivity contribution >= 4 is 34.0 Å². The molecule has 0 saturated carbocycles. The molecule has 0 radical (unpaired) electrons. The smallest absolute Gasteiger partial charge is 0.341 e.